The number of hydrogen-bond acceptors (Lipinski definition) is 4. The molecule has 0 unspecified atom stereocenters. The lowest BCUT2D eigenvalue weighted by atomic mass is 10.1. The van der Waals surface area contributed by atoms with Gasteiger partial charge in [-0.05, 0) is 55.0 Å². The summed E-state index contributed by atoms with van der Waals surface area (Å²) in [6, 6.07) is 10.9. The molecule has 2 N–H and O–H groups in total. The molecule has 1 aromatic heterocycles. The van der Waals surface area contributed by atoms with Crippen molar-refractivity contribution in [1.82, 2.24) is 0 Å². The maximum absolute atomic E-state index is 11.9. The lowest BCUT2D eigenvalue weighted by Crippen LogP contribution is -2.11. The SMILES string of the molecule is O=C(O)COc1ccc(NC(=O)CCCCCc2cccs2)cc1. The Kier molecular flexibility index (Phi) is 7.29. The third-order valence-corrected chi connectivity index (χ3v) is 4.34. The van der Waals surface area contributed by atoms with E-state index in [4.69, 9.17) is 9.84 Å². The van der Waals surface area contributed by atoms with Gasteiger partial charge in [0.1, 0.15) is 5.75 Å². The number of nitrogens with one attached hydrogen (secondary N) is 1. The van der Waals surface area contributed by atoms with Crippen LogP contribution in [0.15, 0.2) is 41.8 Å². The van der Waals surface area contributed by atoms with Gasteiger partial charge in [-0.3, -0.25) is 4.79 Å². The quantitative estimate of drug-likeness (QED) is 0.638. The molecule has 0 radical (unpaired) electrons. The van der Waals surface area contributed by atoms with Gasteiger partial charge < -0.3 is 15.2 Å². The van der Waals surface area contributed by atoms with Crippen molar-refractivity contribution < 1.29 is 19.4 Å². The number of thiophene rings is 1. The number of carboxylic acids is 1. The van der Waals surface area contributed by atoms with E-state index >= 15 is 0 Å². The second-order valence-electron chi connectivity index (χ2n) is 5.39. The van der Waals surface area contributed by atoms with Crippen molar-refractivity contribution in [2.45, 2.75) is 32.1 Å². The van der Waals surface area contributed by atoms with E-state index in [9.17, 15) is 9.59 Å². The number of benzene rings is 1. The number of aryl methyl sites for hydroxylation is 1. The summed E-state index contributed by atoms with van der Waals surface area (Å²) in [6.45, 7) is -0.378. The fourth-order valence-electron chi connectivity index (χ4n) is 2.22. The molecule has 5 nitrogen and oxygen atoms in total. The molecule has 0 fully saturated rings. The molecular formula is C18H21NO4S. The molecule has 0 aliphatic heterocycles. The molecule has 128 valence electrons. The normalized spacial score (nSPS) is 10.3. The van der Waals surface area contributed by atoms with Gasteiger partial charge in [-0.15, -0.1) is 11.3 Å². The highest BCUT2D eigenvalue weighted by Crippen LogP contribution is 2.17. The van der Waals surface area contributed by atoms with Crippen LogP contribution in [0.25, 0.3) is 0 Å². The summed E-state index contributed by atoms with van der Waals surface area (Å²) in [4.78, 5) is 23.7. The van der Waals surface area contributed by atoms with E-state index < -0.39 is 5.97 Å². The molecule has 0 atom stereocenters. The van der Waals surface area contributed by atoms with E-state index in [-0.39, 0.29) is 12.5 Å². The van der Waals surface area contributed by atoms with E-state index in [1.807, 2.05) is 0 Å². The summed E-state index contributed by atoms with van der Waals surface area (Å²) in [5.41, 5.74) is 0.682. The van der Waals surface area contributed by atoms with Gasteiger partial charge in [0.25, 0.3) is 0 Å². The van der Waals surface area contributed by atoms with E-state index in [1.165, 1.54) is 4.88 Å². The topological polar surface area (TPSA) is 75.6 Å². The van der Waals surface area contributed by atoms with Crippen LogP contribution in [0.5, 0.6) is 5.75 Å². The van der Waals surface area contributed by atoms with Gasteiger partial charge in [-0.1, -0.05) is 12.5 Å². The van der Waals surface area contributed by atoms with E-state index in [0.717, 1.165) is 25.7 Å². The van der Waals surface area contributed by atoms with Crippen molar-refractivity contribution in [2.24, 2.45) is 0 Å². The first-order valence-corrected chi connectivity index (χ1v) is 8.78. The Bertz CT molecular complexity index is 638. The summed E-state index contributed by atoms with van der Waals surface area (Å²) in [6.07, 6.45) is 4.59. The molecule has 0 aliphatic carbocycles. The lowest BCUT2D eigenvalue weighted by molar-refractivity contribution is -0.139. The Morgan fingerprint density at radius 3 is 2.54 bits per heavy atom. The summed E-state index contributed by atoms with van der Waals surface area (Å²) < 4.78 is 5.04. The number of amides is 1. The second-order valence-corrected chi connectivity index (χ2v) is 6.43. The van der Waals surface area contributed by atoms with Crippen LogP contribution < -0.4 is 10.1 Å². The lowest BCUT2D eigenvalue weighted by Gasteiger charge is -2.07. The van der Waals surface area contributed by atoms with Crippen molar-refractivity contribution in [1.29, 1.82) is 0 Å². The maximum Gasteiger partial charge on any atom is 0.341 e. The first-order valence-electron chi connectivity index (χ1n) is 7.90. The average Bonchev–Trinajstić information content (AvgIpc) is 3.07. The summed E-state index contributed by atoms with van der Waals surface area (Å²) >= 11 is 1.77. The summed E-state index contributed by atoms with van der Waals surface area (Å²) in [7, 11) is 0. The minimum atomic E-state index is -1.02. The van der Waals surface area contributed by atoms with E-state index in [1.54, 1.807) is 35.6 Å². The predicted molar refractivity (Wildman–Crippen MR) is 94.7 cm³/mol. The van der Waals surface area contributed by atoms with Gasteiger partial charge in [0.2, 0.25) is 5.91 Å². The van der Waals surface area contributed by atoms with Crippen LogP contribution in [0.3, 0.4) is 0 Å². The van der Waals surface area contributed by atoms with Crippen molar-refractivity contribution in [3.63, 3.8) is 0 Å². The van der Waals surface area contributed by atoms with Crippen LogP contribution in [0.4, 0.5) is 5.69 Å². The molecule has 2 aromatic rings. The summed E-state index contributed by atoms with van der Waals surface area (Å²) in [5.74, 6) is -0.569. The Balaban J connectivity index is 1.62. The number of ether oxygens (including phenoxy) is 1. The highest BCUT2D eigenvalue weighted by molar-refractivity contribution is 7.09. The smallest absolute Gasteiger partial charge is 0.341 e. The van der Waals surface area contributed by atoms with E-state index in [0.29, 0.717) is 17.9 Å². The number of carboxylic acid groups (broad SMARTS) is 1. The minimum Gasteiger partial charge on any atom is -0.482 e. The van der Waals surface area contributed by atoms with Gasteiger partial charge in [0.15, 0.2) is 6.61 Å². The number of carbonyl (C=O) groups excluding carboxylic acids is 1. The van der Waals surface area contributed by atoms with Gasteiger partial charge in [0, 0.05) is 17.0 Å². The molecule has 0 saturated heterocycles. The number of unbranched alkanes of at least 4 members (excludes halogenated alkanes) is 2. The molecular weight excluding hydrogens is 326 g/mol. The second kappa shape index (κ2) is 9.72. The van der Waals surface area contributed by atoms with Crippen LogP contribution >= 0.6 is 11.3 Å². The fraction of sp³-hybridized carbons (Fsp3) is 0.333. The van der Waals surface area contributed by atoms with Crippen LogP contribution in [0, 0.1) is 0 Å². The monoisotopic (exact) mass is 347 g/mol. The predicted octanol–water partition coefficient (Wildman–Crippen LogP) is 3.95. The van der Waals surface area contributed by atoms with Crippen molar-refractivity contribution in [3.8, 4) is 5.75 Å². The molecule has 0 saturated carbocycles. The zero-order valence-corrected chi connectivity index (χ0v) is 14.2. The first-order chi connectivity index (χ1) is 11.6. The molecule has 1 amide bonds. The molecule has 1 heterocycles. The largest absolute Gasteiger partial charge is 0.482 e. The number of carbonyl (C=O) groups is 2. The van der Waals surface area contributed by atoms with Crippen LogP contribution in [-0.4, -0.2) is 23.6 Å². The third kappa shape index (κ3) is 6.83. The fourth-order valence-corrected chi connectivity index (χ4v) is 2.97. The summed E-state index contributed by atoms with van der Waals surface area (Å²) in [5, 5.41) is 13.5. The molecule has 1 aromatic carbocycles. The molecule has 0 bridgehead atoms. The number of rotatable bonds is 10. The number of hydrogen-bond donors (Lipinski definition) is 2. The van der Waals surface area contributed by atoms with Crippen LogP contribution in [0.2, 0.25) is 0 Å². The highest BCUT2D eigenvalue weighted by atomic mass is 32.1. The Hall–Kier alpha value is -2.34. The van der Waals surface area contributed by atoms with E-state index in [2.05, 4.69) is 22.8 Å². The minimum absolute atomic E-state index is 0.00896. The Morgan fingerprint density at radius 1 is 1.08 bits per heavy atom. The Morgan fingerprint density at radius 2 is 1.88 bits per heavy atom. The Labute approximate surface area is 145 Å². The van der Waals surface area contributed by atoms with Crippen molar-refractivity contribution in [2.75, 3.05) is 11.9 Å². The van der Waals surface area contributed by atoms with Gasteiger partial charge in [-0.25, -0.2) is 4.79 Å². The van der Waals surface area contributed by atoms with Gasteiger partial charge >= 0.3 is 5.97 Å². The number of anilines is 1. The maximum atomic E-state index is 11.9. The highest BCUT2D eigenvalue weighted by Gasteiger charge is 2.04. The van der Waals surface area contributed by atoms with Crippen molar-refractivity contribution >= 4 is 28.9 Å². The zero-order chi connectivity index (χ0) is 17.2. The van der Waals surface area contributed by atoms with Crippen molar-refractivity contribution in [3.05, 3.63) is 46.7 Å². The number of aliphatic carboxylic acids is 1. The van der Waals surface area contributed by atoms with Crippen LogP contribution in [-0.2, 0) is 16.0 Å². The standard InChI is InChI=1S/C18H21NO4S/c20-17(7-3-1-2-5-16-6-4-12-24-16)19-14-8-10-15(11-9-14)23-13-18(21)22/h4,6,8-12H,1-3,5,7,13H2,(H,19,20)(H,21,22). The third-order valence-electron chi connectivity index (χ3n) is 3.41. The molecule has 0 spiro atoms. The zero-order valence-electron chi connectivity index (χ0n) is 13.4. The first kappa shape index (κ1) is 18.0. The molecule has 0 aliphatic rings. The van der Waals surface area contributed by atoms with Gasteiger partial charge in [0.05, 0.1) is 0 Å². The van der Waals surface area contributed by atoms with Crippen LogP contribution in [0.1, 0.15) is 30.6 Å². The van der Waals surface area contributed by atoms with Gasteiger partial charge in [-0.2, -0.15) is 0 Å². The molecule has 24 heavy (non-hydrogen) atoms. The molecule has 2 rings (SSSR count). The average molecular weight is 347 g/mol. The molecule has 6 heteroatoms.